The summed E-state index contributed by atoms with van der Waals surface area (Å²) < 4.78 is 10.5. The van der Waals surface area contributed by atoms with Gasteiger partial charge in [-0.1, -0.05) is 44.2 Å². The zero-order chi connectivity index (χ0) is 22.1. The molecule has 162 valence electrons. The Morgan fingerprint density at radius 1 is 1.03 bits per heavy atom. The van der Waals surface area contributed by atoms with Gasteiger partial charge in [0.15, 0.2) is 0 Å². The molecule has 3 N–H and O–H groups in total. The number of carbonyl (C=O) groups is 2. The maximum atomic E-state index is 12.7. The number of nitrogens with one attached hydrogen (secondary N) is 2. The number of rotatable bonds is 10. The lowest BCUT2D eigenvalue weighted by molar-refractivity contribution is -0.130. The fourth-order valence-corrected chi connectivity index (χ4v) is 3.06. The minimum Gasteiger partial charge on any atom is -0.497 e. The second-order valence-corrected chi connectivity index (χ2v) is 7.32. The molecule has 2 aromatic carbocycles. The third-order valence-electron chi connectivity index (χ3n) is 4.74. The van der Waals surface area contributed by atoms with E-state index in [0.717, 1.165) is 5.56 Å². The van der Waals surface area contributed by atoms with E-state index >= 15 is 0 Å². The molecule has 0 aliphatic rings. The van der Waals surface area contributed by atoms with Gasteiger partial charge in [-0.25, -0.2) is 0 Å². The summed E-state index contributed by atoms with van der Waals surface area (Å²) in [4.78, 5) is 25.1. The molecule has 2 rings (SSSR count). The first-order valence-electron chi connectivity index (χ1n) is 9.86. The minimum absolute atomic E-state index is 0.0276. The average Bonchev–Trinajstić information content (AvgIpc) is 2.75. The van der Waals surface area contributed by atoms with Crippen LogP contribution in [-0.2, 0) is 16.0 Å². The molecule has 0 bridgehead atoms. The van der Waals surface area contributed by atoms with Crippen molar-refractivity contribution >= 4 is 11.8 Å². The molecule has 0 aliphatic heterocycles. The van der Waals surface area contributed by atoms with Gasteiger partial charge in [-0.15, -0.1) is 0 Å². The average molecular weight is 415 g/mol. The Morgan fingerprint density at radius 2 is 1.73 bits per heavy atom. The number of hydrogen-bond donors (Lipinski definition) is 3. The summed E-state index contributed by atoms with van der Waals surface area (Å²) in [5, 5.41) is 16.1. The van der Waals surface area contributed by atoms with Crippen LogP contribution < -0.4 is 20.1 Å². The Balaban J connectivity index is 1.99. The van der Waals surface area contributed by atoms with E-state index in [2.05, 4.69) is 10.6 Å². The molecule has 0 saturated heterocycles. The van der Waals surface area contributed by atoms with Crippen molar-refractivity contribution in [3.63, 3.8) is 0 Å². The van der Waals surface area contributed by atoms with Gasteiger partial charge in [-0.2, -0.15) is 0 Å². The Labute approximate surface area is 177 Å². The molecule has 7 nitrogen and oxygen atoms in total. The fourth-order valence-electron chi connectivity index (χ4n) is 3.06. The molecule has 2 unspecified atom stereocenters. The van der Waals surface area contributed by atoms with Crippen molar-refractivity contribution in [3.05, 3.63) is 59.7 Å². The normalized spacial score (nSPS) is 12.7. The first-order valence-corrected chi connectivity index (χ1v) is 9.86. The van der Waals surface area contributed by atoms with Crippen LogP contribution >= 0.6 is 0 Å². The van der Waals surface area contributed by atoms with Crippen molar-refractivity contribution in [2.45, 2.75) is 32.4 Å². The van der Waals surface area contributed by atoms with E-state index in [1.165, 1.54) is 14.2 Å². The smallest absolute Gasteiger partial charge is 0.242 e. The maximum absolute atomic E-state index is 12.7. The molecule has 7 heteroatoms. The van der Waals surface area contributed by atoms with Gasteiger partial charge in [-0.3, -0.25) is 9.59 Å². The van der Waals surface area contributed by atoms with Crippen LogP contribution in [0.4, 0.5) is 0 Å². The van der Waals surface area contributed by atoms with Crippen LogP contribution in [0.1, 0.15) is 31.1 Å². The molecule has 2 aromatic rings. The van der Waals surface area contributed by atoms with Gasteiger partial charge in [0.05, 0.1) is 26.7 Å². The molecule has 2 amide bonds. The van der Waals surface area contributed by atoms with E-state index in [9.17, 15) is 14.7 Å². The van der Waals surface area contributed by atoms with E-state index in [0.29, 0.717) is 17.1 Å². The van der Waals surface area contributed by atoms with Crippen molar-refractivity contribution in [1.82, 2.24) is 10.6 Å². The number of amides is 2. The molecule has 0 aromatic heterocycles. The molecular weight excluding hydrogens is 384 g/mol. The SMILES string of the molecule is COc1ccc(OC)c(C(O)CNC(=O)C(NC(=O)Cc2ccccc2)C(C)C)c1. The summed E-state index contributed by atoms with van der Waals surface area (Å²) in [6, 6.07) is 13.7. The van der Waals surface area contributed by atoms with Gasteiger partial charge in [0, 0.05) is 12.1 Å². The number of aliphatic hydroxyl groups excluding tert-OH is 1. The van der Waals surface area contributed by atoms with Crippen molar-refractivity contribution in [2.24, 2.45) is 5.92 Å². The highest BCUT2D eigenvalue weighted by Crippen LogP contribution is 2.29. The zero-order valence-electron chi connectivity index (χ0n) is 17.8. The summed E-state index contributed by atoms with van der Waals surface area (Å²) in [6.07, 6.45) is -0.798. The quantitative estimate of drug-likeness (QED) is 0.554. The summed E-state index contributed by atoms with van der Waals surface area (Å²) in [5.41, 5.74) is 1.38. The van der Waals surface area contributed by atoms with Gasteiger partial charge in [0.25, 0.3) is 0 Å². The summed E-state index contributed by atoms with van der Waals surface area (Å²) in [5.74, 6) is 0.365. The lowest BCUT2D eigenvalue weighted by Crippen LogP contribution is -2.50. The van der Waals surface area contributed by atoms with Crippen LogP contribution in [0, 0.1) is 5.92 Å². The second-order valence-electron chi connectivity index (χ2n) is 7.32. The lowest BCUT2D eigenvalue weighted by Gasteiger charge is -2.23. The largest absolute Gasteiger partial charge is 0.497 e. The molecule has 0 fully saturated rings. The van der Waals surface area contributed by atoms with Crippen LogP contribution in [0.15, 0.2) is 48.5 Å². The van der Waals surface area contributed by atoms with E-state index < -0.39 is 12.1 Å². The highest BCUT2D eigenvalue weighted by atomic mass is 16.5. The van der Waals surface area contributed by atoms with Gasteiger partial charge < -0.3 is 25.2 Å². The Morgan fingerprint density at radius 3 is 2.33 bits per heavy atom. The predicted molar refractivity (Wildman–Crippen MR) is 114 cm³/mol. The first-order chi connectivity index (χ1) is 14.3. The summed E-state index contributed by atoms with van der Waals surface area (Å²) >= 11 is 0. The molecule has 0 saturated carbocycles. The number of ether oxygens (including phenoxy) is 2. The molecule has 30 heavy (non-hydrogen) atoms. The van der Waals surface area contributed by atoms with E-state index in [1.807, 2.05) is 44.2 Å². The third kappa shape index (κ3) is 6.49. The number of hydrogen-bond acceptors (Lipinski definition) is 5. The van der Waals surface area contributed by atoms with Crippen molar-refractivity contribution < 1.29 is 24.2 Å². The monoisotopic (exact) mass is 414 g/mol. The van der Waals surface area contributed by atoms with Gasteiger partial charge in [-0.05, 0) is 29.7 Å². The van der Waals surface area contributed by atoms with Gasteiger partial charge >= 0.3 is 0 Å². The summed E-state index contributed by atoms with van der Waals surface area (Å²) in [6.45, 7) is 3.68. The number of benzene rings is 2. The van der Waals surface area contributed by atoms with Gasteiger partial charge in [0.1, 0.15) is 17.5 Å². The molecule has 0 spiro atoms. The Kier molecular flexibility index (Phi) is 8.68. The highest BCUT2D eigenvalue weighted by Gasteiger charge is 2.25. The number of carbonyl (C=O) groups excluding carboxylic acids is 2. The lowest BCUT2D eigenvalue weighted by atomic mass is 10.0. The van der Waals surface area contributed by atoms with Crippen molar-refractivity contribution in [1.29, 1.82) is 0 Å². The van der Waals surface area contributed by atoms with Crippen LogP contribution in [-0.4, -0.2) is 43.7 Å². The Hall–Kier alpha value is -3.06. The number of methoxy groups -OCH3 is 2. The maximum Gasteiger partial charge on any atom is 0.242 e. The molecule has 0 radical (unpaired) electrons. The van der Waals surface area contributed by atoms with Gasteiger partial charge in [0.2, 0.25) is 11.8 Å². The number of aliphatic hydroxyl groups is 1. The van der Waals surface area contributed by atoms with Crippen molar-refractivity contribution in [3.8, 4) is 11.5 Å². The van der Waals surface area contributed by atoms with E-state index in [-0.39, 0.29) is 30.7 Å². The first kappa shape index (κ1) is 23.2. The third-order valence-corrected chi connectivity index (χ3v) is 4.74. The van der Waals surface area contributed by atoms with Crippen LogP contribution in [0.25, 0.3) is 0 Å². The predicted octanol–water partition coefficient (Wildman–Crippen LogP) is 2.24. The van der Waals surface area contributed by atoms with Crippen LogP contribution in [0.3, 0.4) is 0 Å². The van der Waals surface area contributed by atoms with E-state index in [4.69, 9.17) is 9.47 Å². The molecule has 0 aliphatic carbocycles. The zero-order valence-corrected chi connectivity index (χ0v) is 17.8. The molecular formula is C23H30N2O5. The highest BCUT2D eigenvalue weighted by molar-refractivity contribution is 5.88. The Bertz CT molecular complexity index is 839. The molecule has 0 heterocycles. The molecule has 2 atom stereocenters. The fraction of sp³-hybridized carbons (Fsp3) is 0.391. The summed E-state index contributed by atoms with van der Waals surface area (Å²) in [7, 11) is 3.04. The minimum atomic E-state index is -0.994. The standard InChI is InChI=1S/C23H30N2O5/c1-15(2)22(25-21(27)12-16-8-6-5-7-9-16)23(28)24-14-19(26)18-13-17(29-3)10-11-20(18)30-4/h5-11,13,15,19,22,26H,12,14H2,1-4H3,(H,24,28)(H,25,27). The van der Waals surface area contributed by atoms with Crippen LogP contribution in [0.2, 0.25) is 0 Å². The second kappa shape index (κ2) is 11.2. The van der Waals surface area contributed by atoms with Crippen LogP contribution in [0.5, 0.6) is 11.5 Å². The van der Waals surface area contributed by atoms with Crippen molar-refractivity contribution in [2.75, 3.05) is 20.8 Å². The van der Waals surface area contributed by atoms with E-state index in [1.54, 1.807) is 18.2 Å². The topological polar surface area (TPSA) is 96.9 Å².